The highest BCUT2D eigenvalue weighted by Gasteiger charge is 2.36. The number of carbonyl (C=O) groups excluding carboxylic acids is 1. The molecule has 36 heavy (non-hydrogen) atoms. The number of nitrogens with one attached hydrogen (secondary N) is 2. The third kappa shape index (κ3) is 7.03. The molecule has 0 unspecified atom stereocenters. The van der Waals surface area contributed by atoms with Crippen molar-refractivity contribution in [2.45, 2.75) is 9.64 Å². The van der Waals surface area contributed by atoms with Crippen LogP contribution in [0.3, 0.4) is 0 Å². The van der Waals surface area contributed by atoms with E-state index in [0.717, 1.165) is 18.1 Å². The zero-order valence-electron chi connectivity index (χ0n) is 20.3. The fourth-order valence-corrected chi connectivity index (χ4v) is 6.44. The van der Waals surface area contributed by atoms with E-state index in [4.69, 9.17) is 0 Å². The average Bonchev–Trinajstić information content (AvgIpc) is 2.95. The van der Waals surface area contributed by atoms with Crippen molar-refractivity contribution in [3.8, 4) is 0 Å². The Morgan fingerprint density at radius 3 is 1.58 bits per heavy atom. The second-order valence-corrected chi connectivity index (χ2v) is 10.8. The molecule has 0 aliphatic carbocycles. The van der Waals surface area contributed by atoms with E-state index in [0.29, 0.717) is 13.1 Å². The zero-order chi connectivity index (χ0) is 24.9. The first-order valence-electron chi connectivity index (χ1n) is 12.2. The van der Waals surface area contributed by atoms with Crippen molar-refractivity contribution in [1.29, 1.82) is 0 Å². The van der Waals surface area contributed by atoms with Gasteiger partial charge in [-0.3, -0.25) is 4.79 Å². The molecule has 0 aliphatic rings. The van der Waals surface area contributed by atoms with E-state index in [1.54, 1.807) is 11.8 Å². The molecule has 0 fully saturated rings. The topological polar surface area (TPSA) is 41.1 Å². The number of carbonyl (C=O) groups is 1. The molecule has 3 nitrogen and oxygen atoms in total. The molecule has 5 heteroatoms. The van der Waals surface area contributed by atoms with Crippen LogP contribution in [-0.2, 0) is 9.54 Å². The van der Waals surface area contributed by atoms with Crippen molar-refractivity contribution in [1.82, 2.24) is 10.6 Å². The number of thioether (sulfide) groups is 2. The lowest BCUT2D eigenvalue weighted by molar-refractivity contribution is -0.120. The van der Waals surface area contributed by atoms with Gasteiger partial charge in [-0.2, -0.15) is 0 Å². The third-order valence-corrected chi connectivity index (χ3v) is 8.42. The average molecular weight is 513 g/mol. The van der Waals surface area contributed by atoms with Crippen LogP contribution < -0.4 is 10.6 Å². The lowest BCUT2D eigenvalue weighted by Crippen LogP contribution is -2.36. The molecular formula is C31H32N2OS2. The second-order valence-electron chi connectivity index (χ2n) is 8.32. The van der Waals surface area contributed by atoms with Crippen molar-refractivity contribution >= 4 is 29.4 Å². The van der Waals surface area contributed by atoms with E-state index in [2.05, 4.69) is 114 Å². The molecule has 0 heterocycles. The molecule has 0 saturated heterocycles. The van der Waals surface area contributed by atoms with Crippen LogP contribution in [0.2, 0.25) is 0 Å². The Hall–Kier alpha value is -2.99. The summed E-state index contributed by atoms with van der Waals surface area (Å²) in [5, 5.41) is 6.34. The van der Waals surface area contributed by atoms with Gasteiger partial charge in [0.15, 0.2) is 0 Å². The molecular weight excluding hydrogens is 480 g/mol. The number of hydrogen-bond acceptors (Lipinski definition) is 4. The van der Waals surface area contributed by atoms with Crippen molar-refractivity contribution in [3.05, 3.63) is 138 Å². The monoisotopic (exact) mass is 512 g/mol. The summed E-state index contributed by atoms with van der Waals surface area (Å²) in [5.41, 5.74) is 3.70. The summed E-state index contributed by atoms with van der Waals surface area (Å²) in [6.45, 7) is 1.74. The first kappa shape index (κ1) is 26.1. The highest BCUT2D eigenvalue weighted by atomic mass is 32.2. The van der Waals surface area contributed by atoms with Crippen molar-refractivity contribution in [3.63, 3.8) is 0 Å². The van der Waals surface area contributed by atoms with E-state index < -0.39 is 0 Å². The van der Waals surface area contributed by atoms with Crippen molar-refractivity contribution in [2.24, 2.45) is 0 Å². The van der Waals surface area contributed by atoms with E-state index in [1.165, 1.54) is 21.6 Å². The van der Waals surface area contributed by atoms with Crippen LogP contribution in [0.25, 0.3) is 0 Å². The van der Waals surface area contributed by atoms with Crippen LogP contribution in [0.15, 0.2) is 126 Å². The molecule has 0 aromatic heterocycles. The highest BCUT2D eigenvalue weighted by molar-refractivity contribution is 8.00. The van der Waals surface area contributed by atoms with Gasteiger partial charge in [-0.15, -0.1) is 23.5 Å². The maximum Gasteiger partial charge on any atom is 0.233 e. The normalized spacial score (nSPS) is 11.2. The van der Waals surface area contributed by atoms with E-state index >= 15 is 0 Å². The molecule has 1 amide bonds. The SMILES string of the molecule is O=C(CNCCSc1ccccc1)NCCSC(c1ccccc1)(c1ccccc1)c1ccccc1. The smallest absolute Gasteiger partial charge is 0.233 e. The minimum absolute atomic E-state index is 0.0324. The van der Waals surface area contributed by atoms with Gasteiger partial charge in [0.05, 0.1) is 11.3 Å². The molecule has 4 aromatic carbocycles. The standard InChI is InChI=1S/C31H32N2OS2/c34-30(25-32-21-23-35-29-19-11-4-12-20-29)33-22-24-36-31(26-13-5-1-6-14-26,27-15-7-2-8-16-27)28-17-9-3-10-18-28/h1-20,32H,21-25H2,(H,33,34). The summed E-state index contributed by atoms with van der Waals surface area (Å²) in [6.07, 6.45) is 0. The highest BCUT2D eigenvalue weighted by Crippen LogP contribution is 2.48. The Morgan fingerprint density at radius 2 is 1.08 bits per heavy atom. The van der Waals surface area contributed by atoms with Crippen LogP contribution in [0.4, 0.5) is 0 Å². The molecule has 0 radical (unpaired) electrons. The van der Waals surface area contributed by atoms with Crippen LogP contribution in [0.5, 0.6) is 0 Å². The number of rotatable bonds is 13. The second kappa shape index (κ2) is 13.9. The van der Waals surface area contributed by atoms with Crippen LogP contribution in [0.1, 0.15) is 16.7 Å². The molecule has 0 bridgehead atoms. The quantitative estimate of drug-likeness (QED) is 0.127. The largest absolute Gasteiger partial charge is 0.354 e. The predicted octanol–water partition coefficient (Wildman–Crippen LogP) is 6.21. The summed E-state index contributed by atoms with van der Waals surface area (Å²) in [4.78, 5) is 13.7. The Kier molecular flexibility index (Phi) is 10.1. The number of amides is 1. The van der Waals surface area contributed by atoms with Gasteiger partial charge in [0.1, 0.15) is 0 Å². The minimum atomic E-state index is -0.360. The minimum Gasteiger partial charge on any atom is -0.354 e. The molecule has 4 rings (SSSR count). The van der Waals surface area contributed by atoms with Gasteiger partial charge in [0.25, 0.3) is 0 Å². The predicted molar refractivity (Wildman–Crippen MR) is 155 cm³/mol. The lowest BCUT2D eigenvalue weighted by atomic mass is 9.84. The summed E-state index contributed by atoms with van der Waals surface area (Å²) in [7, 11) is 0. The van der Waals surface area contributed by atoms with E-state index in [-0.39, 0.29) is 10.7 Å². The van der Waals surface area contributed by atoms with Gasteiger partial charge in [0, 0.05) is 29.5 Å². The fraction of sp³-hybridized carbons (Fsp3) is 0.194. The number of hydrogen-bond donors (Lipinski definition) is 2. The summed E-state index contributed by atoms with van der Waals surface area (Å²) < 4.78 is -0.360. The van der Waals surface area contributed by atoms with Crippen LogP contribution in [-0.4, -0.2) is 37.0 Å². The lowest BCUT2D eigenvalue weighted by Gasteiger charge is -2.35. The van der Waals surface area contributed by atoms with Crippen molar-refractivity contribution in [2.75, 3.05) is 31.1 Å². The van der Waals surface area contributed by atoms with Gasteiger partial charge in [-0.25, -0.2) is 0 Å². The fourth-order valence-electron chi connectivity index (χ4n) is 4.19. The maximum absolute atomic E-state index is 12.4. The number of benzene rings is 4. The molecule has 4 aromatic rings. The maximum atomic E-state index is 12.4. The zero-order valence-corrected chi connectivity index (χ0v) is 21.9. The Balaban J connectivity index is 1.35. The van der Waals surface area contributed by atoms with Crippen LogP contribution in [0, 0.1) is 0 Å². The van der Waals surface area contributed by atoms with Crippen molar-refractivity contribution < 1.29 is 4.79 Å². The molecule has 0 saturated carbocycles. The van der Waals surface area contributed by atoms with Gasteiger partial charge >= 0.3 is 0 Å². The third-order valence-electron chi connectivity index (χ3n) is 5.86. The Labute approximate surface area is 223 Å². The summed E-state index contributed by atoms with van der Waals surface area (Å²) in [6, 6.07) is 42.3. The molecule has 184 valence electrons. The Bertz CT molecular complexity index is 1080. The Morgan fingerprint density at radius 1 is 0.611 bits per heavy atom. The van der Waals surface area contributed by atoms with Gasteiger partial charge in [-0.05, 0) is 28.8 Å². The van der Waals surface area contributed by atoms with Gasteiger partial charge < -0.3 is 10.6 Å². The van der Waals surface area contributed by atoms with E-state index in [1.807, 2.05) is 30.0 Å². The molecule has 0 spiro atoms. The van der Waals surface area contributed by atoms with Gasteiger partial charge in [-0.1, -0.05) is 109 Å². The van der Waals surface area contributed by atoms with Crippen LogP contribution >= 0.6 is 23.5 Å². The summed E-state index contributed by atoms with van der Waals surface area (Å²) in [5.74, 6) is 1.75. The van der Waals surface area contributed by atoms with Gasteiger partial charge in [0.2, 0.25) is 5.91 Å². The molecule has 0 atom stereocenters. The first-order chi connectivity index (χ1) is 17.8. The molecule has 2 N–H and O–H groups in total. The first-order valence-corrected chi connectivity index (χ1v) is 14.2. The van der Waals surface area contributed by atoms with E-state index in [9.17, 15) is 4.79 Å². The summed E-state index contributed by atoms with van der Waals surface area (Å²) >= 11 is 3.65. The molecule has 0 aliphatic heterocycles.